The third-order valence-electron chi connectivity index (χ3n) is 4.46. The van der Waals surface area contributed by atoms with Crippen molar-refractivity contribution in [2.45, 2.75) is 39.3 Å². The Bertz CT molecular complexity index is 1270. The molecule has 0 bridgehead atoms. The summed E-state index contributed by atoms with van der Waals surface area (Å²) in [5.74, 6) is -0.151. The zero-order valence-corrected chi connectivity index (χ0v) is 16.1. The number of rotatable bonds is 5. The van der Waals surface area contributed by atoms with E-state index in [1.54, 1.807) is 28.8 Å². The fourth-order valence-corrected chi connectivity index (χ4v) is 2.96. The van der Waals surface area contributed by atoms with Crippen molar-refractivity contribution in [3.63, 3.8) is 0 Å². The van der Waals surface area contributed by atoms with Crippen molar-refractivity contribution in [1.82, 2.24) is 34.0 Å². The van der Waals surface area contributed by atoms with E-state index in [0.29, 0.717) is 17.0 Å². The molecule has 29 heavy (non-hydrogen) atoms. The molecule has 1 amide bonds. The number of aliphatic hydroxyl groups excluding tert-OH is 1. The van der Waals surface area contributed by atoms with E-state index >= 15 is 0 Å². The number of amides is 1. The van der Waals surface area contributed by atoms with E-state index in [9.17, 15) is 14.7 Å². The molecule has 4 rings (SSSR count). The number of fused-ring (bicyclic) bond motifs is 2. The molecule has 0 aliphatic rings. The predicted octanol–water partition coefficient (Wildman–Crippen LogP) is 0.749. The summed E-state index contributed by atoms with van der Waals surface area (Å²) in [7, 11) is 0. The van der Waals surface area contributed by atoms with Gasteiger partial charge in [-0.15, -0.1) is 10.2 Å². The predicted molar refractivity (Wildman–Crippen MR) is 104 cm³/mol. The SMILES string of the molecule is CC(C)c1cc2c(=O)n(CC(=O)Nc3ccc4nncn4c3)nc(C(C)O)n2n1. The van der Waals surface area contributed by atoms with Crippen LogP contribution in [-0.4, -0.2) is 45.0 Å². The van der Waals surface area contributed by atoms with Gasteiger partial charge >= 0.3 is 0 Å². The maximum absolute atomic E-state index is 12.8. The Morgan fingerprint density at radius 2 is 2.03 bits per heavy atom. The van der Waals surface area contributed by atoms with Gasteiger partial charge in [0, 0.05) is 6.20 Å². The monoisotopic (exact) mass is 396 g/mol. The second-order valence-electron chi connectivity index (χ2n) is 7.08. The Morgan fingerprint density at radius 1 is 1.24 bits per heavy atom. The van der Waals surface area contributed by atoms with Crippen LogP contribution in [-0.2, 0) is 11.3 Å². The number of pyridine rings is 1. The van der Waals surface area contributed by atoms with Crippen LogP contribution < -0.4 is 10.9 Å². The number of aromatic nitrogens is 7. The van der Waals surface area contributed by atoms with Crippen LogP contribution in [0, 0.1) is 0 Å². The third-order valence-corrected chi connectivity index (χ3v) is 4.46. The first-order valence-corrected chi connectivity index (χ1v) is 9.11. The highest BCUT2D eigenvalue weighted by Gasteiger charge is 2.19. The summed E-state index contributed by atoms with van der Waals surface area (Å²) in [6.45, 7) is 5.13. The molecule has 0 aromatic carbocycles. The lowest BCUT2D eigenvalue weighted by molar-refractivity contribution is -0.117. The highest BCUT2D eigenvalue weighted by Crippen LogP contribution is 2.16. The van der Waals surface area contributed by atoms with Gasteiger partial charge in [-0.1, -0.05) is 13.8 Å². The lowest BCUT2D eigenvalue weighted by Gasteiger charge is -2.11. The molecule has 0 saturated heterocycles. The van der Waals surface area contributed by atoms with Crippen LogP contribution in [0.5, 0.6) is 0 Å². The number of nitrogens with zero attached hydrogens (tertiary/aromatic N) is 7. The van der Waals surface area contributed by atoms with Gasteiger partial charge in [0.2, 0.25) is 5.91 Å². The van der Waals surface area contributed by atoms with E-state index in [4.69, 9.17) is 0 Å². The molecule has 4 aromatic rings. The maximum atomic E-state index is 12.8. The minimum atomic E-state index is -0.969. The van der Waals surface area contributed by atoms with Gasteiger partial charge in [-0.05, 0) is 31.0 Å². The van der Waals surface area contributed by atoms with E-state index in [0.717, 1.165) is 4.68 Å². The Balaban J connectivity index is 1.66. The van der Waals surface area contributed by atoms with E-state index in [1.807, 2.05) is 13.8 Å². The number of hydrogen-bond donors (Lipinski definition) is 2. The van der Waals surface area contributed by atoms with E-state index in [1.165, 1.54) is 17.8 Å². The topological polar surface area (TPSA) is 132 Å². The summed E-state index contributed by atoms with van der Waals surface area (Å²) in [5.41, 5.74) is 1.68. The molecule has 0 spiro atoms. The van der Waals surface area contributed by atoms with Crippen LogP contribution in [0.2, 0.25) is 0 Å². The van der Waals surface area contributed by atoms with Gasteiger partial charge in [0.1, 0.15) is 24.5 Å². The fraction of sp³-hybridized carbons (Fsp3) is 0.333. The van der Waals surface area contributed by atoms with Crippen molar-refractivity contribution in [2.24, 2.45) is 0 Å². The zero-order valence-electron chi connectivity index (χ0n) is 16.1. The summed E-state index contributed by atoms with van der Waals surface area (Å²) in [4.78, 5) is 25.3. The van der Waals surface area contributed by atoms with Crippen molar-refractivity contribution in [3.05, 3.63) is 52.6 Å². The molecule has 4 aromatic heterocycles. The molecule has 0 saturated carbocycles. The molecule has 11 heteroatoms. The minimum absolute atomic E-state index is 0.0977. The van der Waals surface area contributed by atoms with Crippen molar-refractivity contribution >= 4 is 22.8 Å². The number of carbonyl (C=O) groups is 1. The smallest absolute Gasteiger partial charge is 0.293 e. The molecule has 2 N–H and O–H groups in total. The zero-order chi connectivity index (χ0) is 20.7. The maximum Gasteiger partial charge on any atom is 0.293 e. The summed E-state index contributed by atoms with van der Waals surface area (Å²) >= 11 is 0. The number of hydrogen-bond acceptors (Lipinski definition) is 7. The van der Waals surface area contributed by atoms with Gasteiger partial charge in [-0.25, -0.2) is 9.20 Å². The van der Waals surface area contributed by atoms with Crippen LogP contribution in [0.3, 0.4) is 0 Å². The van der Waals surface area contributed by atoms with Crippen molar-refractivity contribution in [2.75, 3.05) is 5.32 Å². The largest absolute Gasteiger partial charge is 0.385 e. The Morgan fingerprint density at radius 3 is 2.76 bits per heavy atom. The Labute approximate surface area is 164 Å². The molecular weight excluding hydrogens is 376 g/mol. The van der Waals surface area contributed by atoms with Gasteiger partial charge in [0.15, 0.2) is 11.5 Å². The molecule has 1 unspecified atom stereocenters. The Hall–Kier alpha value is -3.60. The number of carbonyl (C=O) groups excluding carboxylic acids is 1. The fourth-order valence-electron chi connectivity index (χ4n) is 2.96. The Kier molecular flexibility index (Phi) is 4.59. The van der Waals surface area contributed by atoms with Gasteiger partial charge in [0.05, 0.1) is 11.4 Å². The first-order valence-electron chi connectivity index (χ1n) is 9.11. The third kappa shape index (κ3) is 3.47. The molecule has 0 aliphatic carbocycles. The van der Waals surface area contributed by atoms with Crippen LogP contribution in [0.25, 0.3) is 11.2 Å². The first kappa shape index (κ1) is 18.7. The summed E-state index contributed by atoms with van der Waals surface area (Å²) in [6.07, 6.45) is 2.22. The number of anilines is 1. The van der Waals surface area contributed by atoms with Crippen LogP contribution in [0.4, 0.5) is 5.69 Å². The van der Waals surface area contributed by atoms with Gasteiger partial charge in [-0.3, -0.25) is 14.0 Å². The molecule has 0 aliphatic heterocycles. The van der Waals surface area contributed by atoms with Crippen LogP contribution >= 0.6 is 0 Å². The van der Waals surface area contributed by atoms with Gasteiger partial charge < -0.3 is 10.4 Å². The quantitative estimate of drug-likeness (QED) is 0.509. The second-order valence-corrected chi connectivity index (χ2v) is 7.08. The van der Waals surface area contributed by atoms with Crippen LogP contribution in [0.1, 0.15) is 44.3 Å². The molecule has 11 nitrogen and oxygen atoms in total. The first-order chi connectivity index (χ1) is 13.8. The van der Waals surface area contributed by atoms with Gasteiger partial charge in [0.25, 0.3) is 5.56 Å². The van der Waals surface area contributed by atoms with E-state index in [-0.39, 0.29) is 23.8 Å². The van der Waals surface area contributed by atoms with E-state index in [2.05, 4.69) is 25.7 Å². The highest BCUT2D eigenvalue weighted by molar-refractivity contribution is 5.90. The second kappa shape index (κ2) is 7.09. The van der Waals surface area contributed by atoms with Crippen LogP contribution in [0.15, 0.2) is 35.5 Å². The summed E-state index contributed by atoms with van der Waals surface area (Å²) in [6, 6.07) is 5.06. The van der Waals surface area contributed by atoms with Gasteiger partial charge in [-0.2, -0.15) is 10.2 Å². The molecular formula is C18H20N8O3. The lowest BCUT2D eigenvalue weighted by atomic mass is 10.1. The molecule has 4 heterocycles. The standard InChI is InChI=1S/C18H20N8O3/c1-10(2)13-6-14-18(29)25(23-17(11(3)27)26(14)22-13)8-16(28)20-12-4-5-15-21-19-9-24(15)7-12/h4-7,9-11,27H,8H2,1-3H3,(H,20,28). The van der Waals surface area contributed by atoms with E-state index < -0.39 is 17.6 Å². The lowest BCUT2D eigenvalue weighted by Crippen LogP contribution is -2.32. The number of aliphatic hydroxyl groups is 1. The highest BCUT2D eigenvalue weighted by atomic mass is 16.3. The normalized spacial score (nSPS) is 12.7. The number of nitrogens with one attached hydrogen (secondary N) is 1. The minimum Gasteiger partial charge on any atom is -0.385 e. The molecule has 0 radical (unpaired) electrons. The van der Waals surface area contributed by atoms with Crippen molar-refractivity contribution in [3.8, 4) is 0 Å². The molecule has 1 atom stereocenters. The molecule has 0 fully saturated rings. The average Bonchev–Trinajstić information content (AvgIpc) is 3.30. The van der Waals surface area contributed by atoms with Crippen molar-refractivity contribution < 1.29 is 9.90 Å². The summed E-state index contributed by atoms with van der Waals surface area (Å²) in [5, 5.41) is 29.0. The summed E-state index contributed by atoms with van der Waals surface area (Å²) < 4.78 is 4.05. The van der Waals surface area contributed by atoms with Crippen molar-refractivity contribution in [1.29, 1.82) is 0 Å². The molecule has 150 valence electrons. The average molecular weight is 396 g/mol.